The molecule has 0 saturated carbocycles. The first-order valence-electron chi connectivity index (χ1n) is 30.5. The maximum Gasteiger partial charge on any atom is 0.310 e. The van der Waals surface area contributed by atoms with E-state index in [0.29, 0.717) is 33.4 Å². The Labute approximate surface area is 545 Å². The topological polar surface area (TPSA) is 210 Å². The van der Waals surface area contributed by atoms with Crippen molar-refractivity contribution in [1.29, 1.82) is 0 Å². The second-order valence-electron chi connectivity index (χ2n) is 22.1. The van der Waals surface area contributed by atoms with Gasteiger partial charge in [-0.3, -0.25) is 38.4 Å². The summed E-state index contributed by atoms with van der Waals surface area (Å²) in [6.07, 6.45) is 0.415. The van der Waals surface area contributed by atoms with Crippen molar-refractivity contribution in [3.8, 4) is 0 Å². The van der Waals surface area contributed by atoms with Crippen LogP contribution in [-0.4, -0.2) is 86.3 Å². The lowest BCUT2D eigenvalue weighted by molar-refractivity contribution is -0.145. The third-order valence-electron chi connectivity index (χ3n) is 14.9. The summed E-state index contributed by atoms with van der Waals surface area (Å²) in [5, 5.41) is 0. The van der Waals surface area contributed by atoms with Gasteiger partial charge in [-0.05, 0) is 55.6 Å². The van der Waals surface area contributed by atoms with Gasteiger partial charge in [0, 0.05) is 33.4 Å². The number of carbonyl (C=O) groups excluding carboxylic acids is 8. The second kappa shape index (κ2) is 36.1. The number of esters is 2. The van der Waals surface area contributed by atoms with E-state index in [-0.39, 0.29) is 152 Å². The number of carbonyl (C=O) groups is 8. The molecule has 9 aromatic carbocycles. The highest BCUT2D eigenvalue weighted by atomic mass is 16.5. The van der Waals surface area contributed by atoms with Gasteiger partial charge in [0.25, 0.3) is 0 Å². The fraction of sp³-hybridized carbons (Fsp3) is 0.205. The summed E-state index contributed by atoms with van der Waals surface area (Å²) < 4.78 is 44.9. The number of ketones is 6. The summed E-state index contributed by atoms with van der Waals surface area (Å²) >= 11 is 0. The molecule has 0 unspecified atom stereocenters. The molecule has 478 valence electrons. The van der Waals surface area contributed by atoms with Crippen molar-refractivity contribution in [1.82, 2.24) is 0 Å². The van der Waals surface area contributed by atoms with Crippen molar-refractivity contribution in [2.45, 2.75) is 65.7 Å². The Morgan fingerprint density at radius 3 is 0.543 bits per heavy atom. The minimum absolute atomic E-state index is 0.139. The molecule has 16 nitrogen and oxygen atoms in total. The summed E-state index contributed by atoms with van der Waals surface area (Å²) in [6.45, 7) is 0.605. The van der Waals surface area contributed by atoms with Crippen LogP contribution in [0.3, 0.4) is 0 Å². The Hall–Kier alpha value is -10.3. The summed E-state index contributed by atoms with van der Waals surface area (Å²) in [4.78, 5) is 102. The Morgan fingerprint density at radius 1 is 0.191 bits per heavy atom. The maximum absolute atomic E-state index is 12.9. The molecule has 0 amide bonds. The Morgan fingerprint density at radius 2 is 0.362 bits per heavy atom. The Balaban J connectivity index is 0.581. The standard InChI is InChI=1S/C78H70O16/c79-71(49-87-41-57-11-15-59(16-12-57)43-89-51-73(81)67-31-35-69(36-32-67)75(83)53-91-45-61-19-23-63(24-20-61)47-93-77(85)39-55-7-3-1-4-8-55)65-27-29-66(30-28-65)72(80)50-88-42-58-13-17-60(18-14-58)44-90-52-74(82)68-33-37-70(38-34-68)76(84)54-92-46-62-21-25-64(26-22-62)48-94-78(86)40-56-9-5-2-6-10-56/h1-38H,39-54H2. The largest absolute Gasteiger partial charge is 0.461 e. The van der Waals surface area contributed by atoms with Crippen LogP contribution in [0.25, 0.3) is 0 Å². The lowest BCUT2D eigenvalue weighted by Crippen LogP contribution is -2.12. The molecule has 0 fully saturated rings. The van der Waals surface area contributed by atoms with E-state index in [1.54, 1.807) is 72.8 Å². The number of benzene rings is 9. The molecule has 0 radical (unpaired) electrons. The first-order chi connectivity index (χ1) is 45.8. The molecule has 0 bridgehead atoms. The van der Waals surface area contributed by atoms with Crippen molar-refractivity contribution in [2.75, 3.05) is 39.6 Å². The van der Waals surface area contributed by atoms with Crippen LogP contribution < -0.4 is 0 Å². The molecular weight excluding hydrogens is 1190 g/mol. The van der Waals surface area contributed by atoms with Crippen LogP contribution in [0.2, 0.25) is 0 Å². The van der Waals surface area contributed by atoms with E-state index in [1.165, 1.54) is 0 Å². The van der Waals surface area contributed by atoms with Gasteiger partial charge in [-0.15, -0.1) is 0 Å². The highest BCUT2D eigenvalue weighted by Gasteiger charge is 2.16. The molecule has 0 heterocycles. The molecule has 0 spiro atoms. The van der Waals surface area contributed by atoms with Crippen LogP contribution in [0.1, 0.15) is 118 Å². The average Bonchev–Trinajstić information content (AvgIpc) is 2.58. The number of hydrogen-bond acceptors (Lipinski definition) is 16. The van der Waals surface area contributed by atoms with Crippen molar-refractivity contribution < 1.29 is 76.3 Å². The van der Waals surface area contributed by atoms with Crippen LogP contribution in [0.5, 0.6) is 0 Å². The van der Waals surface area contributed by atoms with E-state index in [1.807, 2.05) is 158 Å². The van der Waals surface area contributed by atoms with Crippen molar-refractivity contribution in [3.63, 3.8) is 0 Å². The molecular formula is C78H70O16. The normalized spacial score (nSPS) is 11.0. The third-order valence-corrected chi connectivity index (χ3v) is 14.9. The van der Waals surface area contributed by atoms with Crippen LogP contribution in [0.15, 0.2) is 231 Å². The predicted octanol–water partition coefficient (Wildman–Crippen LogP) is 12.7. The highest BCUT2D eigenvalue weighted by Crippen LogP contribution is 2.17. The highest BCUT2D eigenvalue weighted by molar-refractivity contribution is 6.02. The Bertz CT molecular complexity index is 3680. The van der Waals surface area contributed by atoms with Gasteiger partial charge < -0.3 is 37.9 Å². The zero-order valence-corrected chi connectivity index (χ0v) is 51.8. The van der Waals surface area contributed by atoms with E-state index >= 15 is 0 Å². The van der Waals surface area contributed by atoms with E-state index < -0.39 is 0 Å². The zero-order valence-electron chi connectivity index (χ0n) is 51.8. The fourth-order valence-electron chi connectivity index (χ4n) is 9.48. The van der Waals surface area contributed by atoms with Gasteiger partial charge in [0.15, 0.2) is 34.7 Å². The first-order valence-corrected chi connectivity index (χ1v) is 30.5. The molecule has 0 aliphatic rings. The van der Waals surface area contributed by atoms with Crippen LogP contribution in [-0.2, 0) is 113 Å². The molecule has 16 heteroatoms. The minimum Gasteiger partial charge on any atom is -0.461 e. The zero-order chi connectivity index (χ0) is 65.7. The molecule has 0 aliphatic carbocycles. The van der Waals surface area contributed by atoms with Gasteiger partial charge in [-0.1, -0.05) is 231 Å². The lowest BCUT2D eigenvalue weighted by Gasteiger charge is -2.08. The van der Waals surface area contributed by atoms with Gasteiger partial charge in [-0.25, -0.2) is 0 Å². The maximum atomic E-state index is 12.9. The summed E-state index contributed by atoms with van der Waals surface area (Å²) in [5.74, 6) is -2.02. The Kier molecular flexibility index (Phi) is 26.1. The summed E-state index contributed by atoms with van der Waals surface area (Å²) in [7, 11) is 0. The molecule has 9 aromatic rings. The summed E-state index contributed by atoms with van der Waals surface area (Å²) in [5.41, 5.74) is 11.0. The molecule has 94 heavy (non-hydrogen) atoms. The SMILES string of the molecule is O=C(Cc1ccccc1)OCc1ccc(COCC(=O)c2ccc(C(=O)COCc3ccc(COCC(=O)c4ccc(C(=O)COCc5ccc(COCC(=O)c6ccc(C(=O)COCc7ccc(COC(=O)Cc8ccccc8)cc7)cc6)cc5)cc4)cc3)cc2)cc1. The van der Waals surface area contributed by atoms with Crippen molar-refractivity contribution >= 4 is 46.6 Å². The average molecular weight is 1260 g/mol. The smallest absolute Gasteiger partial charge is 0.310 e. The molecule has 0 N–H and O–H groups in total. The minimum atomic E-state index is -0.304. The van der Waals surface area contributed by atoms with Crippen molar-refractivity contribution in [2.24, 2.45) is 0 Å². The molecule has 0 saturated heterocycles. The molecule has 0 atom stereocenters. The molecule has 0 aromatic heterocycles. The number of Topliss-reactive ketones (excluding diaryl/α,β-unsaturated/α-hetero) is 6. The van der Waals surface area contributed by atoms with E-state index in [2.05, 4.69) is 0 Å². The van der Waals surface area contributed by atoms with E-state index in [4.69, 9.17) is 37.9 Å². The predicted molar refractivity (Wildman–Crippen MR) is 349 cm³/mol. The van der Waals surface area contributed by atoms with Crippen LogP contribution >= 0.6 is 0 Å². The molecule has 9 rings (SSSR count). The van der Waals surface area contributed by atoms with E-state index in [9.17, 15) is 38.4 Å². The second-order valence-corrected chi connectivity index (χ2v) is 22.1. The monoisotopic (exact) mass is 1260 g/mol. The third kappa shape index (κ3) is 22.5. The molecule has 0 aliphatic heterocycles. The van der Waals surface area contributed by atoms with Gasteiger partial charge in [0.1, 0.15) is 52.9 Å². The van der Waals surface area contributed by atoms with Gasteiger partial charge in [0.05, 0.1) is 52.5 Å². The van der Waals surface area contributed by atoms with Gasteiger partial charge in [0.2, 0.25) is 0 Å². The van der Waals surface area contributed by atoms with Gasteiger partial charge in [-0.2, -0.15) is 0 Å². The quantitative estimate of drug-likeness (QED) is 0.0260. The number of rotatable bonds is 38. The van der Waals surface area contributed by atoms with Crippen LogP contribution in [0.4, 0.5) is 0 Å². The van der Waals surface area contributed by atoms with Crippen molar-refractivity contribution in [3.05, 3.63) is 320 Å². The fourth-order valence-corrected chi connectivity index (χ4v) is 9.48. The first kappa shape index (κ1) is 68.1. The van der Waals surface area contributed by atoms with Gasteiger partial charge >= 0.3 is 11.9 Å². The van der Waals surface area contributed by atoms with E-state index in [0.717, 1.165) is 55.6 Å². The van der Waals surface area contributed by atoms with Crippen LogP contribution in [0, 0.1) is 0 Å². The lowest BCUT2D eigenvalue weighted by atomic mass is 10.1. The summed E-state index contributed by atoms with van der Waals surface area (Å²) in [6, 6.07) is 67.6. The number of ether oxygens (including phenoxy) is 8. The number of hydrogen-bond donors (Lipinski definition) is 0.